The highest BCUT2D eigenvalue weighted by Crippen LogP contribution is 2.24. The van der Waals surface area contributed by atoms with Gasteiger partial charge in [-0.3, -0.25) is 14.6 Å². The molecule has 2 aliphatic heterocycles. The average molecular weight is 331 g/mol. The standard InChI is InChI=1S/C17H21N3O4/c1-2-24-17(23)20-8-5-14-12(11-20)9-18-10-15(14)16(22)19-6-3-13(21)4-7-19/h9-10H,2-8,11H2,1H3. The molecule has 3 heterocycles. The van der Waals surface area contributed by atoms with E-state index in [0.29, 0.717) is 57.6 Å². The predicted octanol–water partition coefficient (Wildman–Crippen LogP) is 1.40. The van der Waals surface area contributed by atoms with Crippen LogP contribution in [0.4, 0.5) is 4.79 Å². The Labute approximate surface area is 140 Å². The van der Waals surface area contributed by atoms with E-state index in [-0.39, 0.29) is 17.8 Å². The van der Waals surface area contributed by atoms with Crippen molar-refractivity contribution in [2.75, 3.05) is 26.2 Å². The third kappa shape index (κ3) is 3.25. The first-order valence-electron chi connectivity index (χ1n) is 8.28. The fourth-order valence-electron chi connectivity index (χ4n) is 3.18. The summed E-state index contributed by atoms with van der Waals surface area (Å²) in [4.78, 5) is 43.5. The van der Waals surface area contributed by atoms with E-state index in [1.54, 1.807) is 29.1 Å². The number of hydrogen-bond acceptors (Lipinski definition) is 5. The first-order chi connectivity index (χ1) is 11.6. The summed E-state index contributed by atoms with van der Waals surface area (Å²) in [7, 11) is 0. The van der Waals surface area contributed by atoms with Crippen LogP contribution in [0, 0.1) is 0 Å². The Morgan fingerprint density at radius 2 is 1.83 bits per heavy atom. The molecular weight excluding hydrogens is 310 g/mol. The zero-order valence-electron chi connectivity index (χ0n) is 13.8. The lowest BCUT2D eigenvalue weighted by atomic mass is 9.96. The van der Waals surface area contributed by atoms with Crippen molar-refractivity contribution in [2.24, 2.45) is 0 Å². The molecule has 128 valence electrons. The zero-order chi connectivity index (χ0) is 17.1. The second-order valence-corrected chi connectivity index (χ2v) is 6.03. The molecule has 0 aromatic carbocycles. The minimum atomic E-state index is -0.338. The summed E-state index contributed by atoms with van der Waals surface area (Å²) >= 11 is 0. The van der Waals surface area contributed by atoms with Crippen LogP contribution in [0.25, 0.3) is 0 Å². The summed E-state index contributed by atoms with van der Waals surface area (Å²) in [6.45, 7) is 3.98. The van der Waals surface area contributed by atoms with E-state index in [9.17, 15) is 14.4 Å². The van der Waals surface area contributed by atoms with E-state index in [2.05, 4.69) is 4.98 Å². The Morgan fingerprint density at radius 3 is 2.54 bits per heavy atom. The topological polar surface area (TPSA) is 79.8 Å². The van der Waals surface area contributed by atoms with Crippen LogP contribution in [-0.2, 0) is 22.5 Å². The molecule has 0 aliphatic carbocycles. The van der Waals surface area contributed by atoms with Crippen LogP contribution in [0.2, 0.25) is 0 Å². The molecule has 1 fully saturated rings. The van der Waals surface area contributed by atoms with Gasteiger partial charge >= 0.3 is 6.09 Å². The Morgan fingerprint density at radius 1 is 1.12 bits per heavy atom. The lowest BCUT2D eigenvalue weighted by Crippen LogP contribution is -2.41. The molecular formula is C17H21N3O4. The fourth-order valence-corrected chi connectivity index (χ4v) is 3.18. The monoisotopic (exact) mass is 331 g/mol. The maximum atomic E-state index is 12.8. The summed E-state index contributed by atoms with van der Waals surface area (Å²) in [5.41, 5.74) is 2.42. The van der Waals surface area contributed by atoms with Gasteiger partial charge in [-0.05, 0) is 24.5 Å². The quantitative estimate of drug-likeness (QED) is 0.818. The van der Waals surface area contributed by atoms with Gasteiger partial charge in [-0.1, -0.05) is 0 Å². The van der Waals surface area contributed by atoms with Crippen molar-refractivity contribution < 1.29 is 19.1 Å². The normalized spacial score (nSPS) is 17.5. The first kappa shape index (κ1) is 16.4. The largest absolute Gasteiger partial charge is 0.450 e. The number of carbonyl (C=O) groups is 3. The van der Waals surface area contributed by atoms with Crippen LogP contribution in [0.1, 0.15) is 41.3 Å². The van der Waals surface area contributed by atoms with E-state index >= 15 is 0 Å². The number of rotatable bonds is 2. The van der Waals surface area contributed by atoms with Gasteiger partial charge in [0.05, 0.1) is 18.7 Å². The number of pyridine rings is 1. The molecule has 7 nitrogen and oxygen atoms in total. The van der Waals surface area contributed by atoms with Crippen molar-refractivity contribution in [3.63, 3.8) is 0 Å². The average Bonchev–Trinajstić information content (AvgIpc) is 2.61. The van der Waals surface area contributed by atoms with Crippen LogP contribution < -0.4 is 0 Å². The van der Waals surface area contributed by atoms with E-state index in [1.807, 2.05) is 0 Å². The minimum absolute atomic E-state index is 0.0727. The Hall–Kier alpha value is -2.44. The number of hydrogen-bond donors (Lipinski definition) is 0. The van der Waals surface area contributed by atoms with Gasteiger partial charge in [0.15, 0.2) is 0 Å². The second-order valence-electron chi connectivity index (χ2n) is 6.03. The zero-order valence-corrected chi connectivity index (χ0v) is 13.8. The lowest BCUT2D eigenvalue weighted by molar-refractivity contribution is -0.120. The Balaban J connectivity index is 1.78. The fraction of sp³-hybridized carbons (Fsp3) is 0.529. The summed E-state index contributed by atoms with van der Waals surface area (Å²) in [5.74, 6) is 0.133. The lowest BCUT2D eigenvalue weighted by Gasteiger charge is -2.31. The van der Waals surface area contributed by atoms with E-state index in [4.69, 9.17) is 4.74 Å². The maximum absolute atomic E-state index is 12.8. The van der Waals surface area contributed by atoms with Gasteiger partial charge in [0.2, 0.25) is 0 Å². The maximum Gasteiger partial charge on any atom is 0.410 e. The van der Waals surface area contributed by atoms with Crippen molar-refractivity contribution >= 4 is 17.8 Å². The van der Waals surface area contributed by atoms with Crippen molar-refractivity contribution in [1.29, 1.82) is 0 Å². The predicted molar refractivity (Wildman–Crippen MR) is 85.5 cm³/mol. The number of aromatic nitrogens is 1. The molecule has 7 heteroatoms. The van der Waals surface area contributed by atoms with Crippen LogP contribution in [-0.4, -0.2) is 58.8 Å². The molecule has 1 saturated heterocycles. The molecule has 3 rings (SSSR count). The number of Topliss-reactive ketones (excluding diaryl/α,β-unsaturated/α-hetero) is 1. The SMILES string of the molecule is CCOC(=O)N1CCc2c(cncc2C(=O)N2CCC(=O)CC2)C1. The van der Waals surface area contributed by atoms with Crippen LogP contribution in [0.3, 0.4) is 0 Å². The molecule has 24 heavy (non-hydrogen) atoms. The van der Waals surface area contributed by atoms with Crippen molar-refractivity contribution in [1.82, 2.24) is 14.8 Å². The number of ketones is 1. The highest BCUT2D eigenvalue weighted by Gasteiger charge is 2.28. The summed E-state index contributed by atoms with van der Waals surface area (Å²) in [6.07, 6.45) is 4.41. The van der Waals surface area contributed by atoms with Crippen LogP contribution in [0.5, 0.6) is 0 Å². The van der Waals surface area contributed by atoms with Gasteiger partial charge < -0.3 is 14.5 Å². The number of amides is 2. The van der Waals surface area contributed by atoms with Crippen molar-refractivity contribution in [3.05, 3.63) is 29.1 Å². The molecule has 1 aromatic rings. The number of nitrogens with zero attached hydrogens (tertiary/aromatic N) is 3. The number of fused-ring (bicyclic) bond motifs is 1. The van der Waals surface area contributed by atoms with Crippen molar-refractivity contribution in [2.45, 2.75) is 32.7 Å². The van der Waals surface area contributed by atoms with Crippen molar-refractivity contribution in [3.8, 4) is 0 Å². The molecule has 0 unspecified atom stereocenters. The molecule has 2 aliphatic rings. The van der Waals surface area contributed by atoms with Crippen LogP contribution in [0.15, 0.2) is 12.4 Å². The highest BCUT2D eigenvalue weighted by atomic mass is 16.6. The van der Waals surface area contributed by atoms with Gasteiger partial charge in [0, 0.05) is 44.9 Å². The minimum Gasteiger partial charge on any atom is -0.450 e. The third-order valence-electron chi connectivity index (χ3n) is 4.50. The Bertz CT molecular complexity index is 664. The highest BCUT2D eigenvalue weighted by molar-refractivity contribution is 5.97. The van der Waals surface area contributed by atoms with Crippen LogP contribution >= 0.6 is 0 Å². The molecule has 0 N–H and O–H groups in total. The van der Waals surface area contributed by atoms with Gasteiger partial charge in [-0.2, -0.15) is 0 Å². The molecule has 0 saturated carbocycles. The third-order valence-corrected chi connectivity index (χ3v) is 4.50. The molecule has 0 atom stereocenters. The van der Waals surface area contributed by atoms with E-state index < -0.39 is 0 Å². The number of likely N-dealkylation sites (tertiary alicyclic amines) is 1. The van der Waals surface area contributed by atoms with Gasteiger partial charge in [0.1, 0.15) is 5.78 Å². The molecule has 2 amide bonds. The summed E-state index contributed by atoms with van der Waals surface area (Å²) in [6, 6.07) is 0. The summed E-state index contributed by atoms with van der Waals surface area (Å²) < 4.78 is 5.04. The first-order valence-corrected chi connectivity index (χ1v) is 8.28. The number of carbonyl (C=O) groups excluding carboxylic acids is 3. The second kappa shape index (κ2) is 6.98. The summed E-state index contributed by atoms with van der Waals surface area (Å²) in [5, 5.41) is 0. The smallest absolute Gasteiger partial charge is 0.410 e. The Kier molecular flexibility index (Phi) is 4.78. The molecule has 0 radical (unpaired) electrons. The number of ether oxygens (including phenoxy) is 1. The molecule has 0 bridgehead atoms. The number of piperidine rings is 1. The van der Waals surface area contributed by atoms with E-state index in [0.717, 1.165) is 11.1 Å². The van der Waals surface area contributed by atoms with Gasteiger partial charge in [0.25, 0.3) is 5.91 Å². The van der Waals surface area contributed by atoms with Gasteiger partial charge in [-0.15, -0.1) is 0 Å². The molecule has 1 aromatic heterocycles. The van der Waals surface area contributed by atoms with E-state index in [1.165, 1.54) is 0 Å². The van der Waals surface area contributed by atoms with Gasteiger partial charge in [-0.25, -0.2) is 4.79 Å². The molecule has 0 spiro atoms.